The lowest BCUT2D eigenvalue weighted by Crippen LogP contribution is -3.00. The molecule has 0 saturated heterocycles. The number of carbonyl (C=O) groups excluding carboxylic acids is 1. The second-order valence-electron chi connectivity index (χ2n) is 3.79. The third-order valence-electron chi connectivity index (χ3n) is 1.48. The maximum atomic E-state index is 10.8. The highest BCUT2D eigenvalue weighted by Crippen LogP contribution is 1.98. The summed E-state index contributed by atoms with van der Waals surface area (Å²) in [5.41, 5.74) is 0. The summed E-state index contributed by atoms with van der Waals surface area (Å²) < 4.78 is 0.921. The van der Waals surface area contributed by atoms with Gasteiger partial charge in [-0.15, -0.1) is 0 Å². The first-order valence-electron chi connectivity index (χ1n) is 3.91. The third kappa shape index (κ3) is 9.66. The van der Waals surface area contributed by atoms with E-state index in [1.54, 1.807) is 0 Å². The van der Waals surface area contributed by atoms with Crippen molar-refractivity contribution in [1.82, 2.24) is 0 Å². The molecule has 72 valence electrons. The number of hydrogen-bond acceptors (Lipinski definition) is 1. The van der Waals surface area contributed by atoms with Crippen LogP contribution in [-0.4, -0.2) is 38.0 Å². The molecular formula is C9H18ClNO. The minimum atomic E-state index is 0. The molecule has 0 aromatic rings. The van der Waals surface area contributed by atoms with Gasteiger partial charge in [0, 0.05) is 12.8 Å². The Morgan fingerprint density at radius 3 is 2.25 bits per heavy atom. The SMILES string of the molecule is C=CC(=O)CCC[N+](C)(C)C.[Cl-]. The van der Waals surface area contributed by atoms with Crippen molar-refractivity contribution in [3.05, 3.63) is 12.7 Å². The standard InChI is InChI=1S/C9H18NO.ClH/c1-5-9(11)7-6-8-10(2,3)4;/h5H,1,6-8H2,2-4H3;1H/q+1;/p-1. The summed E-state index contributed by atoms with van der Waals surface area (Å²) in [4.78, 5) is 10.8. The fourth-order valence-corrected chi connectivity index (χ4v) is 0.830. The van der Waals surface area contributed by atoms with Gasteiger partial charge in [0.2, 0.25) is 0 Å². The average Bonchev–Trinajstić information content (AvgIpc) is 1.85. The van der Waals surface area contributed by atoms with Crippen LogP contribution in [0.2, 0.25) is 0 Å². The summed E-state index contributed by atoms with van der Waals surface area (Å²) in [6.07, 6.45) is 2.99. The van der Waals surface area contributed by atoms with Crippen LogP contribution >= 0.6 is 0 Å². The van der Waals surface area contributed by atoms with E-state index >= 15 is 0 Å². The van der Waals surface area contributed by atoms with Crippen molar-refractivity contribution in [1.29, 1.82) is 0 Å². The van der Waals surface area contributed by atoms with E-state index in [0.717, 1.165) is 17.4 Å². The summed E-state index contributed by atoms with van der Waals surface area (Å²) in [6, 6.07) is 0. The molecule has 0 fully saturated rings. The van der Waals surface area contributed by atoms with E-state index < -0.39 is 0 Å². The van der Waals surface area contributed by atoms with Crippen LogP contribution in [0.25, 0.3) is 0 Å². The smallest absolute Gasteiger partial charge is 0.155 e. The maximum absolute atomic E-state index is 10.8. The Kier molecular flexibility index (Phi) is 7.34. The second-order valence-corrected chi connectivity index (χ2v) is 3.79. The lowest BCUT2D eigenvalue weighted by molar-refractivity contribution is -0.870. The minimum Gasteiger partial charge on any atom is -1.00 e. The normalized spacial score (nSPS) is 10.2. The summed E-state index contributed by atoms with van der Waals surface area (Å²) in [5.74, 6) is 0.151. The van der Waals surface area contributed by atoms with Crippen LogP contribution in [0, 0.1) is 0 Å². The molecule has 0 aliphatic heterocycles. The number of rotatable bonds is 5. The predicted molar refractivity (Wildman–Crippen MR) is 47.3 cm³/mol. The molecule has 0 aromatic carbocycles. The van der Waals surface area contributed by atoms with Crippen LogP contribution in [-0.2, 0) is 4.79 Å². The van der Waals surface area contributed by atoms with E-state index in [1.165, 1.54) is 6.08 Å². The van der Waals surface area contributed by atoms with Gasteiger partial charge in [0.25, 0.3) is 0 Å². The minimum absolute atomic E-state index is 0. The third-order valence-corrected chi connectivity index (χ3v) is 1.48. The first-order chi connectivity index (χ1) is 4.95. The average molecular weight is 192 g/mol. The molecule has 0 amide bonds. The van der Waals surface area contributed by atoms with Crippen LogP contribution in [0.3, 0.4) is 0 Å². The number of halogens is 1. The second kappa shape index (κ2) is 6.21. The molecule has 0 radical (unpaired) electrons. The molecule has 0 N–H and O–H groups in total. The molecule has 12 heavy (non-hydrogen) atoms. The van der Waals surface area contributed by atoms with E-state index in [0.29, 0.717) is 6.42 Å². The van der Waals surface area contributed by atoms with Gasteiger partial charge in [-0.1, -0.05) is 6.58 Å². The Bertz CT molecular complexity index is 149. The van der Waals surface area contributed by atoms with E-state index in [1.807, 2.05) is 0 Å². The predicted octanol–water partition coefficient (Wildman–Crippen LogP) is -1.77. The molecule has 3 heteroatoms. The number of quaternary nitrogens is 1. The van der Waals surface area contributed by atoms with Gasteiger partial charge in [-0.3, -0.25) is 4.79 Å². The fraction of sp³-hybridized carbons (Fsp3) is 0.667. The van der Waals surface area contributed by atoms with Gasteiger partial charge in [0.1, 0.15) is 0 Å². The highest BCUT2D eigenvalue weighted by molar-refractivity contribution is 5.88. The number of ketones is 1. The van der Waals surface area contributed by atoms with Gasteiger partial charge >= 0.3 is 0 Å². The van der Waals surface area contributed by atoms with Gasteiger partial charge in [-0.2, -0.15) is 0 Å². The monoisotopic (exact) mass is 191 g/mol. The topological polar surface area (TPSA) is 17.1 Å². The van der Waals surface area contributed by atoms with Crippen LogP contribution in [0.5, 0.6) is 0 Å². The zero-order valence-corrected chi connectivity index (χ0v) is 8.90. The van der Waals surface area contributed by atoms with Gasteiger partial charge in [-0.25, -0.2) is 0 Å². The van der Waals surface area contributed by atoms with E-state index in [9.17, 15) is 4.79 Å². The Morgan fingerprint density at radius 2 is 1.92 bits per heavy atom. The summed E-state index contributed by atoms with van der Waals surface area (Å²) >= 11 is 0. The van der Waals surface area contributed by atoms with Crippen LogP contribution in [0.1, 0.15) is 12.8 Å². The van der Waals surface area contributed by atoms with Crippen molar-refractivity contribution in [3.8, 4) is 0 Å². The highest BCUT2D eigenvalue weighted by atomic mass is 35.5. The van der Waals surface area contributed by atoms with E-state index in [-0.39, 0.29) is 18.2 Å². The lowest BCUT2D eigenvalue weighted by Gasteiger charge is -2.23. The van der Waals surface area contributed by atoms with Crippen molar-refractivity contribution in [2.24, 2.45) is 0 Å². The maximum Gasteiger partial charge on any atom is 0.155 e. The molecule has 0 spiro atoms. The Labute approximate surface area is 81.3 Å². The van der Waals surface area contributed by atoms with Crippen molar-refractivity contribution in [2.75, 3.05) is 27.7 Å². The number of allylic oxidation sites excluding steroid dienone is 1. The molecule has 2 nitrogen and oxygen atoms in total. The summed E-state index contributed by atoms with van der Waals surface area (Å²) in [6.45, 7) is 4.46. The van der Waals surface area contributed by atoms with Crippen LogP contribution in [0.4, 0.5) is 0 Å². The zero-order valence-electron chi connectivity index (χ0n) is 8.14. The van der Waals surface area contributed by atoms with Crippen LogP contribution in [0.15, 0.2) is 12.7 Å². The fourth-order valence-electron chi connectivity index (χ4n) is 0.830. The van der Waals surface area contributed by atoms with Crippen molar-refractivity contribution < 1.29 is 21.7 Å². The summed E-state index contributed by atoms with van der Waals surface area (Å²) in [5, 5.41) is 0. The molecule has 0 heterocycles. The highest BCUT2D eigenvalue weighted by Gasteiger charge is 2.06. The van der Waals surface area contributed by atoms with Crippen molar-refractivity contribution >= 4 is 5.78 Å². The Morgan fingerprint density at radius 1 is 1.42 bits per heavy atom. The van der Waals surface area contributed by atoms with Gasteiger partial charge < -0.3 is 16.9 Å². The van der Waals surface area contributed by atoms with E-state index in [2.05, 4.69) is 27.7 Å². The van der Waals surface area contributed by atoms with Gasteiger partial charge in [-0.05, 0) is 6.08 Å². The quantitative estimate of drug-likeness (QED) is 0.372. The molecule has 0 atom stereocenters. The van der Waals surface area contributed by atoms with Crippen molar-refractivity contribution in [2.45, 2.75) is 12.8 Å². The first kappa shape index (κ1) is 14.2. The van der Waals surface area contributed by atoms with Crippen molar-refractivity contribution in [3.63, 3.8) is 0 Å². The van der Waals surface area contributed by atoms with Crippen LogP contribution < -0.4 is 12.4 Å². The summed E-state index contributed by atoms with van der Waals surface area (Å²) in [7, 11) is 6.37. The Hall–Kier alpha value is -0.340. The largest absolute Gasteiger partial charge is 1.00 e. The molecule has 0 unspecified atom stereocenters. The van der Waals surface area contributed by atoms with Gasteiger partial charge in [0.15, 0.2) is 5.78 Å². The Balaban J connectivity index is 0. The molecule has 0 aliphatic carbocycles. The number of carbonyl (C=O) groups is 1. The molecule has 0 bridgehead atoms. The number of hydrogen-bond donors (Lipinski definition) is 0. The molecular weight excluding hydrogens is 174 g/mol. The molecule has 0 aliphatic rings. The zero-order chi connectivity index (χ0) is 8.91. The van der Waals surface area contributed by atoms with Gasteiger partial charge in [0.05, 0.1) is 27.7 Å². The van der Waals surface area contributed by atoms with E-state index in [4.69, 9.17) is 0 Å². The molecule has 0 aromatic heterocycles. The lowest BCUT2D eigenvalue weighted by atomic mass is 10.2. The molecule has 0 rings (SSSR count). The number of nitrogens with zero attached hydrogens (tertiary/aromatic N) is 1. The first-order valence-corrected chi connectivity index (χ1v) is 3.91. The molecule has 0 saturated carbocycles.